The van der Waals surface area contributed by atoms with Crippen LogP contribution in [0, 0.1) is 5.82 Å². The molecule has 0 spiro atoms. The molecular weight excluding hydrogens is 381 g/mol. The molecule has 0 atom stereocenters. The van der Waals surface area contributed by atoms with Crippen molar-refractivity contribution >= 4 is 34.0 Å². The van der Waals surface area contributed by atoms with E-state index < -0.39 is 5.60 Å². The summed E-state index contributed by atoms with van der Waals surface area (Å²) in [6.07, 6.45) is 1.61. The second-order valence-electron chi connectivity index (χ2n) is 6.39. The highest BCUT2D eigenvalue weighted by atomic mass is 32.1. The van der Waals surface area contributed by atoms with E-state index in [0.717, 1.165) is 0 Å². The predicted molar refractivity (Wildman–Crippen MR) is 106 cm³/mol. The van der Waals surface area contributed by atoms with Crippen molar-refractivity contribution in [1.29, 1.82) is 0 Å². The van der Waals surface area contributed by atoms with Crippen molar-refractivity contribution < 1.29 is 18.7 Å². The number of halogens is 1. The van der Waals surface area contributed by atoms with Crippen LogP contribution >= 0.6 is 11.3 Å². The van der Waals surface area contributed by atoms with E-state index in [0.29, 0.717) is 22.1 Å². The van der Waals surface area contributed by atoms with Crippen molar-refractivity contribution in [1.82, 2.24) is 4.98 Å². The van der Waals surface area contributed by atoms with E-state index in [-0.39, 0.29) is 17.6 Å². The van der Waals surface area contributed by atoms with Gasteiger partial charge in [-0.2, -0.15) is 0 Å². The third-order valence-electron chi connectivity index (χ3n) is 3.79. The van der Waals surface area contributed by atoms with E-state index in [2.05, 4.69) is 15.6 Å². The molecule has 3 rings (SSSR count). The van der Waals surface area contributed by atoms with Crippen LogP contribution in [-0.4, -0.2) is 22.4 Å². The summed E-state index contributed by atoms with van der Waals surface area (Å²) in [4.78, 5) is 28.7. The molecule has 0 aliphatic carbocycles. The number of rotatable bonds is 6. The summed E-state index contributed by atoms with van der Waals surface area (Å²) in [5, 5.41) is 7.72. The lowest BCUT2D eigenvalue weighted by Crippen LogP contribution is -2.42. The van der Waals surface area contributed by atoms with Gasteiger partial charge in [0, 0.05) is 22.8 Å². The summed E-state index contributed by atoms with van der Waals surface area (Å²) in [6, 6.07) is 11.9. The Morgan fingerprint density at radius 3 is 2.32 bits per heavy atom. The summed E-state index contributed by atoms with van der Waals surface area (Å²) in [5.41, 5.74) is -0.222. The molecular formula is C20H18FN3O3S. The number of anilines is 2. The van der Waals surface area contributed by atoms with E-state index in [4.69, 9.17) is 4.74 Å². The monoisotopic (exact) mass is 399 g/mol. The molecule has 6 nitrogen and oxygen atoms in total. The first kappa shape index (κ1) is 19.5. The first-order valence-corrected chi connectivity index (χ1v) is 9.28. The van der Waals surface area contributed by atoms with Crippen molar-refractivity contribution in [2.45, 2.75) is 19.4 Å². The summed E-state index contributed by atoms with van der Waals surface area (Å²) >= 11 is 1.33. The Hall–Kier alpha value is -3.26. The summed E-state index contributed by atoms with van der Waals surface area (Å²) in [6.45, 7) is 3.23. The van der Waals surface area contributed by atoms with Crippen LogP contribution in [0.25, 0.3) is 0 Å². The van der Waals surface area contributed by atoms with Gasteiger partial charge >= 0.3 is 0 Å². The highest BCUT2D eigenvalue weighted by Gasteiger charge is 2.30. The molecule has 144 valence electrons. The van der Waals surface area contributed by atoms with Gasteiger partial charge in [0.05, 0.1) is 0 Å². The van der Waals surface area contributed by atoms with E-state index in [9.17, 15) is 14.0 Å². The standard InChI is InChI=1S/C20H18FN3O3S/c1-20(2,27-16-9-5-14(21)6-10-16)18(26)23-15-7-3-13(4-8-15)17(25)24-19-22-11-12-28-19/h3-12H,1-2H3,(H,23,26)(H,22,24,25). The lowest BCUT2D eigenvalue weighted by molar-refractivity contribution is -0.128. The molecule has 8 heteroatoms. The van der Waals surface area contributed by atoms with Gasteiger partial charge in [0.15, 0.2) is 10.7 Å². The quantitative estimate of drug-likeness (QED) is 0.647. The minimum atomic E-state index is -1.18. The molecule has 0 saturated heterocycles. The number of benzene rings is 2. The average molecular weight is 399 g/mol. The summed E-state index contributed by atoms with van der Waals surface area (Å²) < 4.78 is 18.7. The van der Waals surface area contributed by atoms with E-state index in [1.54, 1.807) is 49.7 Å². The molecule has 1 aromatic heterocycles. The molecule has 0 fully saturated rings. The van der Waals surface area contributed by atoms with Crippen molar-refractivity contribution in [3.63, 3.8) is 0 Å². The zero-order valence-corrected chi connectivity index (χ0v) is 16.0. The fourth-order valence-corrected chi connectivity index (χ4v) is 2.81. The molecule has 3 aromatic rings. The first-order chi connectivity index (χ1) is 13.3. The highest BCUT2D eigenvalue weighted by Crippen LogP contribution is 2.21. The number of amides is 2. The Bertz CT molecular complexity index is 955. The SMILES string of the molecule is CC(C)(Oc1ccc(F)cc1)C(=O)Nc1ccc(C(=O)Nc2nccs2)cc1. The molecule has 1 heterocycles. The number of hydrogen-bond acceptors (Lipinski definition) is 5. The van der Waals surface area contributed by atoms with E-state index in [1.807, 2.05) is 0 Å². The molecule has 2 aromatic carbocycles. The zero-order chi connectivity index (χ0) is 20.1. The van der Waals surface area contributed by atoms with E-state index >= 15 is 0 Å². The van der Waals surface area contributed by atoms with Crippen LogP contribution in [0.5, 0.6) is 5.75 Å². The number of thiazole rings is 1. The van der Waals surface area contributed by atoms with Crippen LogP contribution in [0.3, 0.4) is 0 Å². The minimum Gasteiger partial charge on any atom is -0.478 e. The van der Waals surface area contributed by atoms with Crippen LogP contribution in [0.4, 0.5) is 15.2 Å². The molecule has 0 radical (unpaired) electrons. The van der Waals surface area contributed by atoms with E-state index in [1.165, 1.54) is 35.6 Å². The highest BCUT2D eigenvalue weighted by molar-refractivity contribution is 7.13. The topological polar surface area (TPSA) is 80.3 Å². The number of aromatic nitrogens is 1. The maximum atomic E-state index is 13.0. The predicted octanol–water partition coefficient (Wildman–Crippen LogP) is 4.33. The summed E-state index contributed by atoms with van der Waals surface area (Å²) in [7, 11) is 0. The third-order valence-corrected chi connectivity index (χ3v) is 4.48. The van der Waals surface area contributed by atoms with Gasteiger partial charge in [-0.25, -0.2) is 9.37 Å². The van der Waals surface area contributed by atoms with Gasteiger partial charge in [-0.3, -0.25) is 14.9 Å². The fourth-order valence-electron chi connectivity index (χ4n) is 2.28. The van der Waals surface area contributed by atoms with Gasteiger partial charge in [-0.15, -0.1) is 11.3 Å². The van der Waals surface area contributed by atoms with Gasteiger partial charge in [0.2, 0.25) is 0 Å². The third kappa shape index (κ3) is 4.92. The lowest BCUT2D eigenvalue weighted by Gasteiger charge is -2.25. The molecule has 2 N–H and O–H groups in total. The largest absolute Gasteiger partial charge is 0.478 e. The zero-order valence-electron chi connectivity index (χ0n) is 15.2. The minimum absolute atomic E-state index is 0.284. The average Bonchev–Trinajstić information content (AvgIpc) is 3.17. The van der Waals surface area contributed by atoms with Crippen LogP contribution in [0.15, 0.2) is 60.1 Å². The second kappa shape index (κ2) is 8.18. The van der Waals surface area contributed by atoms with Crippen LogP contribution in [-0.2, 0) is 4.79 Å². The number of nitrogens with zero attached hydrogens (tertiary/aromatic N) is 1. The number of ether oxygens (including phenoxy) is 1. The molecule has 0 bridgehead atoms. The van der Waals surface area contributed by atoms with Crippen LogP contribution in [0.2, 0.25) is 0 Å². The molecule has 2 amide bonds. The Morgan fingerprint density at radius 1 is 1.04 bits per heavy atom. The maximum absolute atomic E-state index is 13.0. The van der Waals surface area contributed by atoms with Crippen molar-refractivity contribution in [3.05, 3.63) is 71.5 Å². The molecule has 0 aliphatic rings. The van der Waals surface area contributed by atoms with Gasteiger partial charge in [-0.1, -0.05) is 0 Å². The second-order valence-corrected chi connectivity index (χ2v) is 7.28. The molecule has 0 unspecified atom stereocenters. The number of carbonyl (C=O) groups excluding carboxylic acids is 2. The molecule has 28 heavy (non-hydrogen) atoms. The van der Waals surface area contributed by atoms with Gasteiger partial charge in [0.1, 0.15) is 11.6 Å². The van der Waals surface area contributed by atoms with Gasteiger partial charge < -0.3 is 10.1 Å². The van der Waals surface area contributed by atoms with Gasteiger partial charge in [-0.05, 0) is 62.4 Å². The number of hydrogen-bond donors (Lipinski definition) is 2. The van der Waals surface area contributed by atoms with Gasteiger partial charge in [0.25, 0.3) is 11.8 Å². The lowest BCUT2D eigenvalue weighted by atomic mass is 10.1. The Morgan fingerprint density at radius 2 is 1.71 bits per heavy atom. The maximum Gasteiger partial charge on any atom is 0.267 e. The normalized spacial score (nSPS) is 11.0. The van der Waals surface area contributed by atoms with Crippen LogP contribution < -0.4 is 15.4 Å². The Labute approximate surface area is 165 Å². The van der Waals surface area contributed by atoms with Crippen LogP contribution in [0.1, 0.15) is 24.2 Å². The van der Waals surface area contributed by atoms with Crippen molar-refractivity contribution in [3.8, 4) is 5.75 Å². The summed E-state index contributed by atoms with van der Waals surface area (Å²) in [5.74, 6) is -0.658. The number of nitrogens with one attached hydrogen (secondary N) is 2. The van der Waals surface area contributed by atoms with Crippen molar-refractivity contribution in [2.24, 2.45) is 0 Å². The molecule has 0 aliphatic heterocycles. The van der Waals surface area contributed by atoms with Crippen molar-refractivity contribution in [2.75, 3.05) is 10.6 Å². The Kier molecular flexibility index (Phi) is 5.70. The molecule has 0 saturated carbocycles. The first-order valence-electron chi connectivity index (χ1n) is 8.40. The Balaban J connectivity index is 1.61. The number of carbonyl (C=O) groups is 2. The smallest absolute Gasteiger partial charge is 0.267 e. The fraction of sp³-hybridized carbons (Fsp3) is 0.150.